The van der Waals surface area contributed by atoms with Crippen molar-refractivity contribution in [1.29, 1.82) is 0 Å². The number of rotatable bonds is 9. The number of hydrogen-bond acceptors (Lipinski definition) is 6. The maximum atomic E-state index is 12.9. The Hall–Kier alpha value is -5.12. The number of aryl methyl sites for hydroxylation is 1. The minimum atomic E-state index is -0.348. The zero-order chi connectivity index (χ0) is 27.4. The lowest BCUT2D eigenvalue weighted by atomic mass is 10.1. The summed E-state index contributed by atoms with van der Waals surface area (Å²) < 4.78 is 14.1. The highest BCUT2D eigenvalue weighted by molar-refractivity contribution is 5.84. The number of methoxy groups -OCH3 is 2. The molecule has 0 fully saturated rings. The van der Waals surface area contributed by atoms with Crippen LogP contribution in [0.1, 0.15) is 22.6 Å². The van der Waals surface area contributed by atoms with E-state index in [0.717, 1.165) is 22.4 Å². The van der Waals surface area contributed by atoms with Crippen molar-refractivity contribution >= 4 is 23.2 Å². The molecule has 2 heterocycles. The molecule has 0 atom stereocenters. The molecule has 0 aliphatic heterocycles. The Bertz CT molecular complexity index is 1720. The molecule has 10 nitrogen and oxygen atoms in total. The van der Waals surface area contributed by atoms with E-state index >= 15 is 0 Å². The number of nitrogens with one attached hydrogen (secondary N) is 2. The van der Waals surface area contributed by atoms with Gasteiger partial charge < -0.3 is 14.0 Å². The summed E-state index contributed by atoms with van der Waals surface area (Å²) in [7, 11) is 3.18. The third-order valence-electron chi connectivity index (χ3n) is 6.36. The number of nitrogens with zero attached hydrogens (tertiary/aromatic N) is 4. The average molecular weight is 525 g/mol. The van der Waals surface area contributed by atoms with Gasteiger partial charge >= 0.3 is 0 Å². The second kappa shape index (κ2) is 11.1. The molecule has 10 heteroatoms. The lowest BCUT2D eigenvalue weighted by Crippen LogP contribution is -2.25. The summed E-state index contributed by atoms with van der Waals surface area (Å²) in [6.45, 7) is 1.78. The Morgan fingerprint density at radius 2 is 1.77 bits per heavy atom. The van der Waals surface area contributed by atoms with Gasteiger partial charge in [-0.1, -0.05) is 36.4 Å². The first-order valence-electron chi connectivity index (χ1n) is 12.3. The molecule has 0 spiro atoms. The number of aromatic amines is 1. The number of benzene rings is 3. The Labute approximate surface area is 224 Å². The van der Waals surface area contributed by atoms with E-state index in [1.54, 1.807) is 21.1 Å². The zero-order valence-electron chi connectivity index (χ0n) is 21.8. The summed E-state index contributed by atoms with van der Waals surface area (Å²) >= 11 is 0. The number of carbonyl (C=O) groups is 1. The molecule has 2 aromatic heterocycles. The van der Waals surface area contributed by atoms with Crippen molar-refractivity contribution in [1.82, 2.24) is 24.8 Å². The van der Waals surface area contributed by atoms with Crippen LogP contribution in [0.25, 0.3) is 16.7 Å². The molecule has 39 heavy (non-hydrogen) atoms. The quantitative estimate of drug-likeness (QED) is 0.226. The van der Waals surface area contributed by atoms with Gasteiger partial charge in [0.2, 0.25) is 0 Å². The maximum absolute atomic E-state index is 12.9. The molecule has 0 bridgehead atoms. The highest BCUT2D eigenvalue weighted by atomic mass is 16.5. The summed E-state index contributed by atoms with van der Waals surface area (Å²) in [5.41, 5.74) is 6.58. The SMILES string of the molecule is COc1ccc(Cc2nc3ccccc3n2CC(=O)N/N=C/c2c(C)[nH]n(-c3ccccc3)c2=O)cc1OC. The van der Waals surface area contributed by atoms with Gasteiger partial charge in [0.15, 0.2) is 11.5 Å². The largest absolute Gasteiger partial charge is 0.493 e. The van der Waals surface area contributed by atoms with Crippen LogP contribution in [-0.2, 0) is 17.8 Å². The summed E-state index contributed by atoms with van der Waals surface area (Å²) in [5.74, 6) is 1.63. The minimum absolute atomic E-state index is 0.000836. The molecule has 0 aliphatic rings. The van der Waals surface area contributed by atoms with E-state index < -0.39 is 0 Å². The number of carbonyl (C=O) groups excluding carboxylic acids is 1. The standard InChI is InChI=1S/C29H28N6O4/c1-19-22(29(37)35(33-19)21-9-5-4-6-10-21)17-30-32-28(36)18-34-24-12-8-7-11-23(24)31-27(34)16-20-13-14-25(38-2)26(15-20)39-3/h4-15,17,33H,16,18H2,1-3H3,(H,32,36)/b30-17+. The second-order valence-corrected chi connectivity index (χ2v) is 8.89. The predicted octanol–water partition coefficient (Wildman–Crippen LogP) is 3.58. The molecule has 2 N–H and O–H groups in total. The number of para-hydroxylation sites is 3. The molecule has 5 rings (SSSR count). The predicted molar refractivity (Wildman–Crippen MR) is 149 cm³/mol. The van der Waals surface area contributed by atoms with Crippen molar-refractivity contribution in [3.05, 3.63) is 106 Å². The van der Waals surface area contributed by atoms with E-state index in [1.165, 1.54) is 10.9 Å². The lowest BCUT2D eigenvalue weighted by molar-refractivity contribution is -0.121. The first-order chi connectivity index (χ1) is 19.0. The minimum Gasteiger partial charge on any atom is -0.493 e. The molecule has 198 valence electrons. The monoisotopic (exact) mass is 524 g/mol. The normalized spacial score (nSPS) is 11.3. The fourth-order valence-corrected chi connectivity index (χ4v) is 4.43. The number of hydrogen-bond donors (Lipinski definition) is 2. The summed E-state index contributed by atoms with van der Waals surface area (Å²) in [6, 6.07) is 22.6. The van der Waals surface area contributed by atoms with Crippen molar-refractivity contribution in [3.63, 3.8) is 0 Å². The Balaban J connectivity index is 1.35. The van der Waals surface area contributed by atoms with Gasteiger partial charge in [-0.2, -0.15) is 5.10 Å². The van der Waals surface area contributed by atoms with Crippen molar-refractivity contribution in [2.75, 3.05) is 14.2 Å². The number of imidazole rings is 1. The number of H-pyrrole nitrogens is 1. The van der Waals surface area contributed by atoms with Gasteiger partial charge in [-0.25, -0.2) is 15.1 Å². The number of ether oxygens (including phenoxy) is 2. The molecule has 0 unspecified atom stereocenters. The molecular formula is C29H28N6O4. The second-order valence-electron chi connectivity index (χ2n) is 8.89. The van der Waals surface area contributed by atoms with Crippen LogP contribution in [0.3, 0.4) is 0 Å². The van der Waals surface area contributed by atoms with Gasteiger partial charge in [0, 0.05) is 12.1 Å². The maximum Gasteiger partial charge on any atom is 0.280 e. The Kier molecular flexibility index (Phi) is 7.26. The van der Waals surface area contributed by atoms with E-state index in [-0.39, 0.29) is 18.0 Å². The van der Waals surface area contributed by atoms with Gasteiger partial charge in [-0.15, -0.1) is 0 Å². The third kappa shape index (κ3) is 5.30. The van der Waals surface area contributed by atoms with Crippen molar-refractivity contribution in [2.24, 2.45) is 5.10 Å². The van der Waals surface area contributed by atoms with E-state index in [4.69, 9.17) is 14.5 Å². The number of aromatic nitrogens is 4. The Morgan fingerprint density at radius 1 is 1.03 bits per heavy atom. The topological polar surface area (TPSA) is 116 Å². The van der Waals surface area contributed by atoms with Crippen LogP contribution in [0, 0.1) is 6.92 Å². The van der Waals surface area contributed by atoms with Crippen LogP contribution in [0.5, 0.6) is 11.5 Å². The fourth-order valence-electron chi connectivity index (χ4n) is 4.43. The van der Waals surface area contributed by atoms with Crippen LogP contribution < -0.4 is 20.5 Å². The molecule has 0 saturated carbocycles. The van der Waals surface area contributed by atoms with Crippen molar-refractivity contribution < 1.29 is 14.3 Å². The Morgan fingerprint density at radius 3 is 2.54 bits per heavy atom. The van der Waals surface area contributed by atoms with E-state index in [2.05, 4.69) is 15.6 Å². The zero-order valence-corrected chi connectivity index (χ0v) is 21.8. The first kappa shape index (κ1) is 25.5. The molecule has 3 aromatic carbocycles. The van der Waals surface area contributed by atoms with Crippen LogP contribution in [0.15, 0.2) is 82.7 Å². The van der Waals surface area contributed by atoms with E-state index in [1.807, 2.05) is 77.4 Å². The molecule has 1 amide bonds. The van der Waals surface area contributed by atoms with Gasteiger partial charge in [-0.3, -0.25) is 14.7 Å². The summed E-state index contributed by atoms with van der Waals surface area (Å²) in [4.78, 5) is 30.6. The van der Waals surface area contributed by atoms with Gasteiger partial charge in [0.1, 0.15) is 12.4 Å². The molecule has 0 saturated heterocycles. The molecular weight excluding hydrogens is 496 g/mol. The van der Waals surface area contributed by atoms with Crippen molar-refractivity contribution in [3.8, 4) is 17.2 Å². The lowest BCUT2D eigenvalue weighted by Gasteiger charge is -2.11. The molecule has 0 aliphatic carbocycles. The summed E-state index contributed by atoms with van der Waals surface area (Å²) in [6.07, 6.45) is 1.84. The number of amides is 1. The number of hydrazone groups is 1. The van der Waals surface area contributed by atoms with Gasteiger partial charge in [-0.05, 0) is 48.9 Å². The van der Waals surface area contributed by atoms with Gasteiger partial charge in [0.25, 0.3) is 11.5 Å². The summed E-state index contributed by atoms with van der Waals surface area (Å²) in [5, 5.41) is 7.11. The van der Waals surface area contributed by atoms with Gasteiger partial charge in [0.05, 0.1) is 42.7 Å². The molecule has 0 radical (unpaired) electrons. The fraction of sp³-hybridized carbons (Fsp3) is 0.172. The van der Waals surface area contributed by atoms with Crippen LogP contribution in [0.2, 0.25) is 0 Å². The molecule has 5 aromatic rings. The first-order valence-corrected chi connectivity index (χ1v) is 12.3. The van der Waals surface area contributed by atoms with Crippen LogP contribution in [-0.4, -0.2) is 45.7 Å². The van der Waals surface area contributed by atoms with E-state index in [9.17, 15) is 9.59 Å². The highest BCUT2D eigenvalue weighted by Gasteiger charge is 2.16. The smallest absolute Gasteiger partial charge is 0.280 e. The van der Waals surface area contributed by atoms with Crippen LogP contribution >= 0.6 is 0 Å². The number of fused-ring (bicyclic) bond motifs is 1. The third-order valence-corrected chi connectivity index (χ3v) is 6.36. The van der Waals surface area contributed by atoms with Crippen LogP contribution in [0.4, 0.5) is 0 Å². The highest BCUT2D eigenvalue weighted by Crippen LogP contribution is 2.29. The van der Waals surface area contributed by atoms with Crippen molar-refractivity contribution in [2.45, 2.75) is 19.9 Å². The average Bonchev–Trinajstić information content (AvgIpc) is 3.44. The van der Waals surface area contributed by atoms with E-state index in [0.29, 0.717) is 34.9 Å².